The lowest BCUT2D eigenvalue weighted by Crippen LogP contribution is -2.64. The second kappa shape index (κ2) is 6.12. The molecule has 1 heterocycles. The van der Waals surface area contributed by atoms with Gasteiger partial charge in [0.15, 0.2) is 5.79 Å². The topological polar surface area (TPSA) is 72.8 Å². The second-order valence-corrected chi connectivity index (χ2v) is 10.8. The molecule has 0 aromatic heterocycles. The summed E-state index contributed by atoms with van der Waals surface area (Å²) >= 11 is 0. The highest BCUT2D eigenvalue weighted by atomic mass is 16.7. The average Bonchev–Trinajstić information content (AvgIpc) is 3.20. The van der Waals surface area contributed by atoms with Gasteiger partial charge < -0.3 is 14.6 Å². The molecule has 0 aromatic carbocycles. The quantitative estimate of drug-likeness (QED) is 0.745. The van der Waals surface area contributed by atoms with Gasteiger partial charge in [-0.3, -0.25) is 9.59 Å². The van der Waals surface area contributed by atoms with Gasteiger partial charge in [0.1, 0.15) is 11.6 Å². The summed E-state index contributed by atoms with van der Waals surface area (Å²) in [6.45, 7) is 7.18. The number of aliphatic hydroxyl groups excluding tert-OH is 1. The van der Waals surface area contributed by atoms with Crippen molar-refractivity contribution in [1.29, 1.82) is 0 Å². The second-order valence-electron chi connectivity index (χ2n) is 10.8. The Morgan fingerprint density at radius 1 is 1.07 bits per heavy atom. The van der Waals surface area contributed by atoms with Gasteiger partial charge in [-0.15, -0.1) is 0 Å². The van der Waals surface area contributed by atoms with Crippen molar-refractivity contribution in [1.82, 2.24) is 0 Å². The number of ketones is 2. The summed E-state index contributed by atoms with van der Waals surface area (Å²) in [5.41, 5.74) is -0.620. The number of fused-ring (bicyclic) bond motifs is 5. The van der Waals surface area contributed by atoms with Crippen LogP contribution >= 0.6 is 0 Å². The van der Waals surface area contributed by atoms with E-state index in [2.05, 4.69) is 13.8 Å². The van der Waals surface area contributed by atoms with Crippen LogP contribution in [-0.2, 0) is 19.1 Å². The van der Waals surface area contributed by atoms with E-state index in [0.717, 1.165) is 32.1 Å². The number of hydrogen-bond donors (Lipinski definition) is 1. The first-order valence-electron chi connectivity index (χ1n) is 11.2. The van der Waals surface area contributed by atoms with Crippen LogP contribution in [0.15, 0.2) is 0 Å². The summed E-state index contributed by atoms with van der Waals surface area (Å²) in [4.78, 5) is 25.8. The maximum Gasteiger partial charge on any atom is 0.175 e. The number of hydrogen-bond acceptors (Lipinski definition) is 5. The minimum Gasteiger partial charge on any atom is -0.393 e. The molecule has 5 heteroatoms. The number of rotatable bonds is 1. The zero-order valence-electron chi connectivity index (χ0n) is 17.4. The summed E-state index contributed by atoms with van der Waals surface area (Å²) in [5, 5.41) is 11.4. The van der Waals surface area contributed by atoms with E-state index in [0.29, 0.717) is 37.9 Å². The van der Waals surface area contributed by atoms with E-state index in [4.69, 9.17) is 9.47 Å². The highest BCUT2D eigenvalue weighted by molar-refractivity contribution is 5.87. The molecule has 0 unspecified atom stereocenters. The molecule has 8 atom stereocenters. The Balaban J connectivity index is 1.49. The maximum atomic E-state index is 13.5. The fourth-order valence-electron chi connectivity index (χ4n) is 8.56. The molecule has 5 aliphatic rings. The zero-order valence-corrected chi connectivity index (χ0v) is 17.4. The molecule has 1 N–H and O–H groups in total. The summed E-state index contributed by atoms with van der Waals surface area (Å²) in [5.74, 6) is 0.807. The lowest BCUT2D eigenvalue weighted by atomic mass is 9.43. The van der Waals surface area contributed by atoms with Crippen LogP contribution in [-0.4, -0.2) is 41.8 Å². The molecule has 5 nitrogen and oxygen atoms in total. The van der Waals surface area contributed by atoms with Crippen molar-refractivity contribution in [2.24, 2.45) is 40.4 Å². The molecule has 1 spiro atoms. The van der Waals surface area contributed by atoms with Crippen molar-refractivity contribution < 1.29 is 24.2 Å². The Hall–Kier alpha value is -0.780. The lowest BCUT2D eigenvalue weighted by molar-refractivity contribution is -0.231. The van der Waals surface area contributed by atoms with Gasteiger partial charge in [0.05, 0.1) is 25.7 Å². The van der Waals surface area contributed by atoms with Crippen LogP contribution in [0.4, 0.5) is 0 Å². The van der Waals surface area contributed by atoms with E-state index in [1.807, 2.05) is 0 Å². The van der Waals surface area contributed by atoms with Crippen LogP contribution in [0.25, 0.3) is 0 Å². The number of carbonyl (C=O) groups excluding carboxylic acids is 2. The van der Waals surface area contributed by atoms with Crippen LogP contribution in [0, 0.1) is 40.4 Å². The fraction of sp³-hybridized carbons (Fsp3) is 0.913. The van der Waals surface area contributed by atoms with E-state index in [9.17, 15) is 14.7 Å². The van der Waals surface area contributed by atoms with E-state index in [1.165, 1.54) is 0 Å². The number of Topliss-reactive ketones (excluding diaryl/α,β-unsaturated/α-hetero) is 2. The van der Waals surface area contributed by atoms with Crippen molar-refractivity contribution >= 4 is 11.6 Å². The van der Waals surface area contributed by atoms with Crippen LogP contribution < -0.4 is 0 Å². The zero-order chi connectivity index (χ0) is 19.9. The van der Waals surface area contributed by atoms with Crippen LogP contribution in [0.2, 0.25) is 0 Å². The van der Waals surface area contributed by atoms with Crippen molar-refractivity contribution in [3.63, 3.8) is 0 Å². The molecule has 0 radical (unpaired) electrons. The van der Waals surface area contributed by atoms with E-state index in [1.54, 1.807) is 6.92 Å². The molecule has 1 saturated heterocycles. The molecule has 156 valence electrons. The van der Waals surface area contributed by atoms with Gasteiger partial charge in [0, 0.05) is 23.7 Å². The molecule has 0 aromatic rings. The minimum atomic E-state index is -0.713. The Kier molecular flexibility index (Phi) is 4.19. The first kappa shape index (κ1) is 19.2. The highest BCUT2D eigenvalue weighted by Crippen LogP contribution is 2.67. The predicted octanol–water partition coefficient (Wildman–Crippen LogP) is 3.13. The highest BCUT2D eigenvalue weighted by Gasteiger charge is 2.67. The van der Waals surface area contributed by atoms with Gasteiger partial charge in [0.2, 0.25) is 0 Å². The van der Waals surface area contributed by atoms with Crippen LogP contribution in [0.3, 0.4) is 0 Å². The van der Waals surface area contributed by atoms with Crippen molar-refractivity contribution in [2.75, 3.05) is 13.2 Å². The van der Waals surface area contributed by atoms with Crippen molar-refractivity contribution in [2.45, 2.75) is 77.6 Å². The lowest BCUT2D eigenvalue weighted by Gasteiger charge is -2.62. The molecule has 1 aliphatic heterocycles. The van der Waals surface area contributed by atoms with Crippen LogP contribution in [0.1, 0.15) is 65.7 Å². The third-order valence-corrected chi connectivity index (χ3v) is 9.73. The smallest absolute Gasteiger partial charge is 0.175 e. The standard InChI is InChI=1S/C23H34O5/c1-13(24)16-6-7-17-15-5-4-14-10-23(27-8-9-28-23)12-19(26)22(14,3)20(15)18(25)11-21(16,17)2/h14-18,20,25H,4-12H2,1-3H3/t14-,15+,16-,17+,18+,20-,21-,22-/m1/s1. The molecule has 0 amide bonds. The fourth-order valence-corrected chi connectivity index (χ4v) is 8.56. The number of carbonyl (C=O) groups is 2. The van der Waals surface area contributed by atoms with Gasteiger partial charge >= 0.3 is 0 Å². The predicted molar refractivity (Wildman–Crippen MR) is 102 cm³/mol. The normalized spacial score (nSPS) is 52.2. The Bertz CT molecular complexity index is 697. The Morgan fingerprint density at radius 2 is 1.79 bits per heavy atom. The molecule has 28 heavy (non-hydrogen) atoms. The SMILES string of the molecule is CC(=O)[C@H]1CC[C@H]2[C@@H]3CC[C@@H]4CC5(CC(=O)[C@]4(C)[C@H]3[C@@H](O)C[C@]12C)OCCO5. The Labute approximate surface area is 167 Å². The third-order valence-electron chi connectivity index (χ3n) is 9.73. The summed E-state index contributed by atoms with van der Waals surface area (Å²) in [7, 11) is 0. The molecular formula is C23H34O5. The van der Waals surface area contributed by atoms with Gasteiger partial charge in [-0.05, 0) is 62.2 Å². The molecule has 4 aliphatic carbocycles. The van der Waals surface area contributed by atoms with Crippen LogP contribution in [0.5, 0.6) is 0 Å². The Morgan fingerprint density at radius 3 is 2.46 bits per heavy atom. The number of ether oxygens (including phenoxy) is 2. The molecule has 5 fully saturated rings. The monoisotopic (exact) mass is 390 g/mol. The number of aliphatic hydroxyl groups is 1. The third kappa shape index (κ3) is 2.36. The summed E-state index contributed by atoms with van der Waals surface area (Å²) in [6, 6.07) is 0. The van der Waals surface area contributed by atoms with Gasteiger partial charge in [0.25, 0.3) is 0 Å². The summed E-state index contributed by atoms with van der Waals surface area (Å²) < 4.78 is 11.8. The van der Waals surface area contributed by atoms with E-state index < -0.39 is 17.3 Å². The van der Waals surface area contributed by atoms with E-state index in [-0.39, 0.29) is 34.7 Å². The first-order chi connectivity index (χ1) is 13.2. The van der Waals surface area contributed by atoms with Gasteiger partial charge in [-0.2, -0.15) is 0 Å². The molecule has 5 rings (SSSR count). The minimum absolute atomic E-state index is 0.00119. The largest absolute Gasteiger partial charge is 0.393 e. The molecule has 0 bridgehead atoms. The van der Waals surface area contributed by atoms with Gasteiger partial charge in [-0.1, -0.05) is 13.8 Å². The first-order valence-corrected chi connectivity index (χ1v) is 11.2. The van der Waals surface area contributed by atoms with Crippen molar-refractivity contribution in [3.8, 4) is 0 Å². The maximum absolute atomic E-state index is 13.5. The van der Waals surface area contributed by atoms with Gasteiger partial charge in [-0.25, -0.2) is 0 Å². The molecular weight excluding hydrogens is 356 g/mol. The summed E-state index contributed by atoms with van der Waals surface area (Å²) in [6.07, 6.45) is 5.24. The van der Waals surface area contributed by atoms with Crippen molar-refractivity contribution in [3.05, 3.63) is 0 Å². The average molecular weight is 391 g/mol. The molecule has 4 saturated carbocycles. The van der Waals surface area contributed by atoms with E-state index >= 15 is 0 Å².